The first-order valence-corrected chi connectivity index (χ1v) is 6.85. The second-order valence-corrected chi connectivity index (χ2v) is 5.61. The van der Waals surface area contributed by atoms with Crippen LogP contribution in [0, 0.1) is 11.3 Å². The summed E-state index contributed by atoms with van der Waals surface area (Å²) in [6.07, 6.45) is 1.80. The number of nitrogens with two attached hydrogens (primary N) is 1. The summed E-state index contributed by atoms with van der Waals surface area (Å²) in [5, 5.41) is 11.6. The van der Waals surface area contributed by atoms with Gasteiger partial charge in [-0.15, -0.1) is 0 Å². The van der Waals surface area contributed by atoms with Gasteiger partial charge in [-0.05, 0) is 19.8 Å². The Kier molecular flexibility index (Phi) is 5.35. The van der Waals surface area contributed by atoms with Crippen LogP contribution < -0.4 is 11.1 Å². The third-order valence-electron chi connectivity index (χ3n) is 3.84. The molecule has 1 aliphatic rings. The summed E-state index contributed by atoms with van der Waals surface area (Å²) >= 11 is 0. The SMILES string of the molecule is CCCC(CNC(=O)N1CCC(C)(C(N)=O)C1)C(=O)O. The number of nitrogens with zero attached hydrogens (tertiary/aromatic N) is 1. The first kappa shape index (κ1) is 16.3. The molecular formula is C13H23N3O4. The van der Waals surface area contributed by atoms with Crippen molar-refractivity contribution >= 4 is 17.9 Å². The summed E-state index contributed by atoms with van der Waals surface area (Å²) in [5.74, 6) is -1.90. The van der Waals surface area contributed by atoms with Crippen LogP contribution in [-0.4, -0.2) is 47.5 Å². The van der Waals surface area contributed by atoms with Gasteiger partial charge in [0.2, 0.25) is 5.91 Å². The minimum absolute atomic E-state index is 0.103. The molecule has 2 unspecified atom stereocenters. The average molecular weight is 285 g/mol. The number of nitrogens with one attached hydrogen (secondary N) is 1. The normalized spacial score (nSPS) is 23.4. The van der Waals surface area contributed by atoms with Crippen LogP contribution in [0.1, 0.15) is 33.1 Å². The number of primary amides is 1. The molecule has 1 heterocycles. The molecule has 114 valence electrons. The molecule has 0 aromatic heterocycles. The predicted molar refractivity (Wildman–Crippen MR) is 72.9 cm³/mol. The second-order valence-electron chi connectivity index (χ2n) is 5.61. The molecule has 0 saturated carbocycles. The third kappa shape index (κ3) is 3.85. The Balaban J connectivity index is 2.48. The molecule has 7 nitrogen and oxygen atoms in total. The van der Waals surface area contributed by atoms with Crippen molar-refractivity contribution < 1.29 is 19.5 Å². The summed E-state index contributed by atoms with van der Waals surface area (Å²) in [7, 11) is 0. The molecule has 0 aromatic carbocycles. The highest BCUT2D eigenvalue weighted by Crippen LogP contribution is 2.29. The van der Waals surface area contributed by atoms with Crippen LogP contribution in [0.3, 0.4) is 0 Å². The van der Waals surface area contributed by atoms with E-state index in [0.29, 0.717) is 19.4 Å². The fourth-order valence-electron chi connectivity index (χ4n) is 2.32. The van der Waals surface area contributed by atoms with Gasteiger partial charge in [-0.2, -0.15) is 0 Å². The van der Waals surface area contributed by atoms with Gasteiger partial charge in [0.1, 0.15) is 0 Å². The van der Waals surface area contributed by atoms with E-state index in [1.54, 1.807) is 6.92 Å². The molecule has 0 radical (unpaired) electrons. The van der Waals surface area contributed by atoms with E-state index >= 15 is 0 Å². The van der Waals surface area contributed by atoms with Crippen LogP contribution in [-0.2, 0) is 9.59 Å². The zero-order chi connectivity index (χ0) is 15.3. The topological polar surface area (TPSA) is 113 Å². The summed E-state index contributed by atoms with van der Waals surface area (Å²) in [6.45, 7) is 4.47. The number of hydrogen-bond donors (Lipinski definition) is 3. The second kappa shape index (κ2) is 6.58. The van der Waals surface area contributed by atoms with Crippen molar-refractivity contribution in [3.8, 4) is 0 Å². The minimum atomic E-state index is -0.907. The maximum absolute atomic E-state index is 12.0. The van der Waals surface area contributed by atoms with Crippen molar-refractivity contribution in [3.63, 3.8) is 0 Å². The highest BCUT2D eigenvalue weighted by atomic mass is 16.4. The Bertz CT molecular complexity index is 399. The number of amides is 3. The van der Waals surface area contributed by atoms with E-state index in [1.807, 2.05) is 6.92 Å². The number of carboxylic acid groups (broad SMARTS) is 1. The monoisotopic (exact) mass is 285 g/mol. The molecule has 1 aliphatic heterocycles. The van der Waals surface area contributed by atoms with E-state index in [2.05, 4.69) is 5.32 Å². The van der Waals surface area contributed by atoms with Crippen LogP contribution in [0.2, 0.25) is 0 Å². The zero-order valence-corrected chi connectivity index (χ0v) is 12.0. The van der Waals surface area contributed by atoms with Crippen molar-refractivity contribution in [2.75, 3.05) is 19.6 Å². The van der Waals surface area contributed by atoms with Gasteiger partial charge in [-0.1, -0.05) is 13.3 Å². The van der Waals surface area contributed by atoms with E-state index in [-0.39, 0.29) is 19.1 Å². The number of urea groups is 1. The fraction of sp³-hybridized carbons (Fsp3) is 0.769. The maximum atomic E-state index is 12.0. The molecule has 20 heavy (non-hydrogen) atoms. The van der Waals surface area contributed by atoms with Gasteiger partial charge < -0.3 is 21.1 Å². The highest BCUT2D eigenvalue weighted by molar-refractivity contribution is 5.83. The van der Waals surface area contributed by atoms with Crippen LogP contribution in [0.15, 0.2) is 0 Å². The van der Waals surface area contributed by atoms with Crippen molar-refractivity contribution in [3.05, 3.63) is 0 Å². The van der Waals surface area contributed by atoms with E-state index in [4.69, 9.17) is 10.8 Å². The third-order valence-corrected chi connectivity index (χ3v) is 3.84. The van der Waals surface area contributed by atoms with Gasteiger partial charge in [0.25, 0.3) is 0 Å². The van der Waals surface area contributed by atoms with Crippen LogP contribution >= 0.6 is 0 Å². The Labute approximate surface area is 118 Å². The van der Waals surface area contributed by atoms with Crippen LogP contribution in [0.5, 0.6) is 0 Å². The number of aliphatic carboxylic acids is 1. The van der Waals surface area contributed by atoms with Crippen LogP contribution in [0.4, 0.5) is 4.79 Å². The van der Waals surface area contributed by atoms with Gasteiger partial charge >= 0.3 is 12.0 Å². The molecule has 3 amide bonds. The Morgan fingerprint density at radius 3 is 2.55 bits per heavy atom. The van der Waals surface area contributed by atoms with Crippen molar-refractivity contribution in [1.82, 2.24) is 10.2 Å². The Morgan fingerprint density at radius 1 is 1.45 bits per heavy atom. The van der Waals surface area contributed by atoms with E-state index < -0.39 is 23.2 Å². The number of likely N-dealkylation sites (tertiary alicyclic amines) is 1. The maximum Gasteiger partial charge on any atom is 0.317 e. The van der Waals surface area contributed by atoms with Gasteiger partial charge in [0.05, 0.1) is 11.3 Å². The lowest BCUT2D eigenvalue weighted by atomic mass is 9.89. The largest absolute Gasteiger partial charge is 0.481 e. The molecular weight excluding hydrogens is 262 g/mol. The van der Waals surface area contributed by atoms with Gasteiger partial charge in [0, 0.05) is 19.6 Å². The number of carbonyl (C=O) groups is 3. The highest BCUT2D eigenvalue weighted by Gasteiger charge is 2.40. The van der Waals surface area contributed by atoms with Crippen molar-refractivity contribution in [2.24, 2.45) is 17.1 Å². The molecule has 4 N–H and O–H groups in total. The van der Waals surface area contributed by atoms with Crippen molar-refractivity contribution in [2.45, 2.75) is 33.1 Å². The number of hydrogen-bond acceptors (Lipinski definition) is 3. The number of rotatable bonds is 6. The summed E-state index contributed by atoms with van der Waals surface area (Å²) in [6, 6.07) is -0.336. The lowest BCUT2D eigenvalue weighted by molar-refractivity contribution is -0.141. The smallest absolute Gasteiger partial charge is 0.317 e. The van der Waals surface area contributed by atoms with E-state index in [1.165, 1.54) is 4.90 Å². The zero-order valence-electron chi connectivity index (χ0n) is 12.0. The minimum Gasteiger partial charge on any atom is -0.481 e. The summed E-state index contributed by atoms with van der Waals surface area (Å²) in [4.78, 5) is 35.8. The average Bonchev–Trinajstić information content (AvgIpc) is 2.78. The first-order valence-electron chi connectivity index (χ1n) is 6.85. The lowest BCUT2D eigenvalue weighted by Gasteiger charge is -2.22. The van der Waals surface area contributed by atoms with Crippen molar-refractivity contribution in [1.29, 1.82) is 0 Å². The predicted octanol–water partition coefficient (Wildman–Crippen LogP) is 0.394. The molecule has 0 aromatic rings. The Hall–Kier alpha value is -1.79. The molecule has 2 atom stereocenters. The molecule has 7 heteroatoms. The lowest BCUT2D eigenvalue weighted by Crippen LogP contribution is -2.44. The molecule has 0 aliphatic carbocycles. The van der Waals surface area contributed by atoms with E-state index in [9.17, 15) is 14.4 Å². The Morgan fingerprint density at radius 2 is 2.10 bits per heavy atom. The molecule has 0 bridgehead atoms. The number of carbonyl (C=O) groups excluding carboxylic acids is 2. The van der Waals surface area contributed by atoms with Crippen LogP contribution in [0.25, 0.3) is 0 Å². The quantitative estimate of drug-likeness (QED) is 0.655. The fourth-order valence-corrected chi connectivity index (χ4v) is 2.32. The van der Waals surface area contributed by atoms with Gasteiger partial charge in [-0.25, -0.2) is 4.79 Å². The molecule has 1 saturated heterocycles. The molecule has 0 spiro atoms. The summed E-state index contributed by atoms with van der Waals surface area (Å²) < 4.78 is 0. The number of carboxylic acids is 1. The molecule has 1 rings (SSSR count). The first-order chi connectivity index (χ1) is 9.30. The van der Waals surface area contributed by atoms with Gasteiger partial charge in [0.15, 0.2) is 0 Å². The van der Waals surface area contributed by atoms with Gasteiger partial charge in [-0.3, -0.25) is 9.59 Å². The standard InChI is InChI=1S/C13H23N3O4/c1-3-4-9(10(17)18)7-15-12(20)16-6-5-13(2,8-16)11(14)19/h9H,3-8H2,1-2H3,(H2,14,19)(H,15,20)(H,17,18). The molecule has 1 fully saturated rings. The van der Waals surface area contributed by atoms with E-state index in [0.717, 1.165) is 6.42 Å². The summed E-state index contributed by atoms with van der Waals surface area (Å²) in [5.41, 5.74) is 4.63.